The van der Waals surface area contributed by atoms with Gasteiger partial charge in [0.25, 0.3) is 0 Å². The zero-order chi connectivity index (χ0) is 24.7. The van der Waals surface area contributed by atoms with Crippen molar-refractivity contribution in [1.29, 1.82) is 0 Å². The Hall–Kier alpha value is -2.58. The number of anilines is 1. The Morgan fingerprint density at radius 1 is 0.971 bits per heavy atom. The maximum atomic E-state index is 12.9. The number of aromatic nitrogens is 1. The fraction of sp³-hybridized carbons (Fsp3) is 0.407. The molecule has 4 rings (SSSR count). The molecule has 0 saturated carbocycles. The zero-order valence-electron chi connectivity index (χ0n) is 19.6. The predicted molar refractivity (Wildman–Crippen MR) is 136 cm³/mol. The molecule has 3 aromatic rings. The topological polar surface area (TPSA) is 45.2 Å². The van der Waals surface area contributed by atoms with Gasteiger partial charge in [0.1, 0.15) is 0 Å². The van der Waals surface area contributed by atoms with Gasteiger partial charge >= 0.3 is 6.18 Å². The number of aryl methyl sites for hydroxylation is 1. The van der Waals surface area contributed by atoms with Gasteiger partial charge in [0.05, 0.1) is 17.6 Å². The summed E-state index contributed by atoms with van der Waals surface area (Å²) in [6.07, 6.45) is 3.94. The third kappa shape index (κ3) is 6.98. The van der Waals surface area contributed by atoms with Crippen LogP contribution in [-0.2, 0) is 17.4 Å². The highest BCUT2D eigenvalue weighted by atomic mass is 32.2. The lowest BCUT2D eigenvalue weighted by atomic mass is 10.0. The number of alkyl halides is 3. The summed E-state index contributed by atoms with van der Waals surface area (Å²) >= 11 is 1.68. The van der Waals surface area contributed by atoms with Crippen molar-refractivity contribution in [3.8, 4) is 0 Å². The van der Waals surface area contributed by atoms with Crippen LogP contribution in [0.2, 0.25) is 0 Å². The van der Waals surface area contributed by atoms with Crippen molar-refractivity contribution in [2.24, 2.45) is 0 Å². The van der Waals surface area contributed by atoms with Crippen LogP contribution in [0.25, 0.3) is 10.9 Å². The molecule has 186 valence electrons. The van der Waals surface area contributed by atoms with Crippen LogP contribution in [0.3, 0.4) is 0 Å². The maximum Gasteiger partial charge on any atom is 0.416 e. The highest BCUT2D eigenvalue weighted by Crippen LogP contribution is 2.34. The molecule has 0 aliphatic carbocycles. The molecule has 0 radical (unpaired) electrons. The number of benzene rings is 2. The summed E-state index contributed by atoms with van der Waals surface area (Å²) in [5.41, 5.74) is 1.99. The summed E-state index contributed by atoms with van der Waals surface area (Å²) in [5.74, 6) is 1.06. The number of halogens is 3. The third-order valence-electron chi connectivity index (χ3n) is 6.23. The number of pyridine rings is 1. The van der Waals surface area contributed by atoms with E-state index in [0.29, 0.717) is 18.6 Å². The van der Waals surface area contributed by atoms with Gasteiger partial charge in [-0.1, -0.05) is 37.5 Å². The molecule has 1 fully saturated rings. The first kappa shape index (κ1) is 25.5. The van der Waals surface area contributed by atoms with E-state index in [4.69, 9.17) is 0 Å². The summed E-state index contributed by atoms with van der Waals surface area (Å²) in [4.78, 5) is 18.9. The van der Waals surface area contributed by atoms with Crippen LogP contribution in [0.5, 0.6) is 0 Å². The molecule has 4 nitrogen and oxygen atoms in total. The summed E-state index contributed by atoms with van der Waals surface area (Å²) in [5, 5.41) is 3.87. The molecular weight excluding hydrogens is 471 g/mol. The zero-order valence-corrected chi connectivity index (χ0v) is 20.4. The molecular formula is C27H30F3N3OS. The predicted octanol–water partition coefficient (Wildman–Crippen LogP) is 6.48. The Kier molecular flexibility index (Phi) is 8.68. The number of carbonyl (C=O) groups is 1. The van der Waals surface area contributed by atoms with Crippen molar-refractivity contribution < 1.29 is 18.0 Å². The van der Waals surface area contributed by atoms with Gasteiger partial charge in [-0.05, 0) is 60.9 Å². The lowest BCUT2D eigenvalue weighted by Crippen LogP contribution is -2.48. The number of thioether (sulfide) groups is 1. The number of hydrogen-bond acceptors (Lipinski definition) is 4. The van der Waals surface area contributed by atoms with Gasteiger partial charge in [-0.25, -0.2) is 0 Å². The van der Waals surface area contributed by atoms with Gasteiger partial charge in [0, 0.05) is 35.3 Å². The summed E-state index contributed by atoms with van der Waals surface area (Å²) in [7, 11) is 0. The highest BCUT2D eigenvalue weighted by molar-refractivity contribution is 7.99. The summed E-state index contributed by atoms with van der Waals surface area (Å²) in [6.45, 7) is 1.95. The van der Waals surface area contributed by atoms with Crippen LogP contribution in [0, 0.1) is 0 Å². The van der Waals surface area contributed by atoms with Crippen molar-refractivity contribution in [3.63, 3.8) is 0 Å². The molecule has 0 spiro atoms. The summed E-state index contributed by atoms with van der Waals surface area (Å²) < 4.78 is 38.8. The van der Waals surface area contributed by atoms with E-state index in [0.717, 1.165) is 66.1 Å². The Morgan fingerprint density at radius 2 is 1.74 bits per heavy atom. The highest BCUT2D eigenvalue weighted by Gasteiger charge is 2.30. The molecule has 1 aliphatic rings. The fourth-order valence-electron chi connectivity index (χ4n) is 4.29. The molecule has 2 heterocycles. The first-order valence-corrected chi connectivity index (χ1v) is 13.1. The molecule has 0 atom stereocenters. The second kappa shape index (κ2) is 11.9. The molecule has 8 heteroatoms. The molecule has 0 unspecified atom stereocenters. The van der Waals surface area contributed by atoms with Crippen molar-refractivity contribution >= 4 is 34.3 Å². The minimum atomic E-state index is -4.35. The molecule has 35 heavy (non-hydrogen) atoms. The Labute approximate surface area is 208 Å². The maximum absolute atomic E-state index is 12.9. The number of hydrogen-bond donors (Lipinski definition) is 1. The molecule has 0 bridgehead atoms. The Bertz CT molecular complexity index is 1130. The molecule has 1 aliphatic heterocycles. The number of unbranched alkanes of at least 4 members (excludes halogenated alkanes) is 4. The SMILES string of the molecule is O=C1CNCCN1c1ccc(CCCCCCCSc2ccnc3cc(C(F)(F)F)ccc23)cc1. The first-order chi connectivity index (χ1) is 16.9. The number of nitrogens with zero attached hydrogens (tertiary/aromatic N) is 2. The molecule has 2 aromatic carbocycles. The van der Waals surface area contributed by atoms with Gasteiger partial charge in [-0.15, -0.1) is 11.8 Å². The van der Waals surface area contributed by atoms with Crippen LogP contribution < -0.4 is 10.2 Å². The second-order valence-corrected chi connectivity index (χ2v) is 9.93. The first-order valence-electron chi connectivity index (χ1n) is 12.1. The van der Waals surface area contributed by atoms with E-state index in [1.165, 1.54) is 24.5 Å². The molecule has 1 amide bonds. The monoisotopic (exact) mass is 501 g/mol. The van der Waals surface area contributed by atoms with Crippen molar-refractivity contribution in [2.75, 3.05) is 30.3 Å². The van der Waals surface area contributed by atoms with Gasteiger partial charge in [-0.2, -0.15) is 13.2 Å². The smallest absolute Gasteiger partial charge is 0.310 e. The number of piperazine rings is 1. The Morgan fingerprint density at radius 3 is 2.51 bits per heavy atom. The van der Waals surface area contributed by atoms with Crippen LogP contribution >= 0.6 is 11.8 Å². The number of nitrogens with one attached hydrogen (secondary N) is 1. The summed E-state index contributed by atoms with van der Waals surface area (Å²) in [6, 6.07) is 14.0. The molecule has 1 N–H and O–H groups in total. The normalized spacial score (nSPS) is 14.6. The number of fused-ring (bicyclic) bond motifs is 1. The van der Waals surface area contributed by atoms with E-state index >= 15 is 0 Å². The van der Waals surface area contributed by atoms with Gasteiger partial charge < -0.3 is 10.2 Å². The lowest BCUT2D eigenvalue weighted by molar-refractivity contribution is -0.137. The minimum absolute atomic E-state index is 0.120. The van der Waals surface area contributed by atoms with Crippen LogP contribution in [-0.4, -0.2) is 36.3 Å². The van der Waals surface area contributed by atoms with E-state index in [-0.39, 0.29) is 5.91 Å². The largest absolute Gasteiger partial charge is 0.416 e. The Balaban J connectivity index is 1.14. The average Bonchev–Trinajstić information content (AvgIpc) is 2.85. The standard InChI is InChI=1S/C27H30F3N3OS/c28-27(29,30)21-9-12-23-24(18-21)32-14-13-25(23)35-17-5-3-1-2-4-6-20-7-10-22(11-8-20)33-16-15-31-19-26(33)34/h7-14,18,31H,1-6,15-17,19H2. The third-order valence-corrected chi connectivity index (χ3v) is 7.39. The van der Waals surface area contributed by atoms with Crippen molar-refractivity contribution in [3.05, 3.63) is 65.9 Å². The average molecular weight is 502 g/mol. The second-order valence-electron chi connectivity index (χ2n) is 8.79. The number of rotatable bonds is 10. The van der Waals surface area contributed by atoms with Crippen LogP contribution in [0.1, 0.15) is 43.2 Å². The van der Waals surface area contributed by atoms with Crippen molar-refractivity contribution in [2.45, 2.75) is 49.6 Å². The molecule has 1 saturated heterocycles. The van der Waals surface area contributed by atoms with Crippen LogP contribution in [0.15, 0.2) is 59.6 Å². The van der Waals surface area contributed by atoms with Gasteiger partial charge in [0.15, 0.2) is 0 Å². The minimum Gasteiger partial charge on any atom is -0.310 e. The number of carbonyl (C=O) groups excluding carboxylic acids is 1. The van der Waals surface area contributed by atoms with Crippen LogP contribution in [0.4, 0.5) is 18.9 Å². The fourth-order valence-corrected chi connectivity index (χ4v) is 5.34. The van der Waals surface area contributed by atoms with E-state index in [9.17, 15) is 18.0 Å². The van der Waals surface area contributed by atoms with Crippen molar-refractivity contribution in [1.82, 2.24) is 10.3 Å². The quantitative estimate of drug-likeness (QED) is 0.255. The van der Waals surface area contributed by atoms with E-state index in [1.54, 1.807) is 18.0 Å². The lowest BCUT2D eigenvalue weighted by Gasteiger charge is -2.27. The van der Waals surface area contributed by atoms with E-state index < -0.39 is 11.7 Å². The van der Waals surface area contributed by atoms with E-state index in [2.05, 4.69) is 22.4 Å². The number of amides is 1. The molecule has 1 aromatic heterocycles. The van der Waals surface area contributed by atoms with Gasteiger partial charge in [-0.3, -0.25) is 9.78 Å². The van der Waals surface area contributed by atoms with E-state index in [1.807, 2.05) is 23.1 Å². The van der Waals surface area contributed by atoms with Gasteiger partial charge in [0.2, 0.25) is 5.91 Å².